The van der Waals surface area contributed by atoms with Crippen LogP contribution in [0.2, 0.25) is 0 Å². The third-order valence-corrected chi connectivity index (χ3v) is 3.15. The van der Waals surface area contributed by atoms with E-state index in [4.69, 9.17) is 8.83 Å². The number of benzene rings is 1. The third-order valence-electron chi connectivity index (χ3n) is 3.15. The van der Waals surface area contributed by atoms with Gasteiger partial charge in [-0.1, -0.05) is 0 Å². The molecule has 20 heavy (non-hydrogen) atoms. The summed E-state index contributed by atoms with van der Waals surface area (Å²) in [6, 6.07) is 10.8. The molecule has 3 aromatic rings. The predicted molar refractivity (Wildman–Crippen MR) is 79.3 cm³/mol. The summed E-state index contributed by atoms with van der Waals surface area (Å²) in [4.78, 5) is 13.5. The Kier molecular flexibility index (Phi) is 2.86. The van der Waals surface area contributed by atoms with E-state index in [1.165, 1.54) is 12.1 Å². The van der Waals surface area contributed by atoms with Crippen molar-refractivity contribution in [2.45, 2.75) is 6.92 Å². The number of hydrogen-bond donors (Lipinski definition) is 0. The van der Waals surface area contributed by atoms with Crippen LogP contribution >= 0.6 is 0 Å². The smallest absolute Gasteiger partial charge is 0.185 e. The molecule has 0 saturated carbocycles. The highest BCUT2D eigenvalue weighted by Crippen LogP contribution is 2.29. The highest BCUT2D eigenvalue weighted by atomic mass is 16.4. The molecule has 0 saturated heterocycles. The molecule has 0 aliphatic carbocycles. The second kappa shape index (κ2) is 4.56. The first kappa shape index (κ1) is 12.5. The van der Waals surface area contributed by atoms with E-state index in [0.717, 1.165) is 16.7 Å². The topological polar surface area (TPSA) is 46.6 Å². The van der Waals surface area contributed by atoms with Crippen LogP contribution in [-0.4, -0.2) is 14.1 Å². The Bertz CT molecular complexity index is 827. The number of fused-ring (bicyclic) bond motifs is 1. The molecular weight excluding hydrogens is 254 g/mol. The van der Waals surface area contributed by atoms with Gasteiger partial charge < -0.3 is 13.7 Å². The normalized spacial score (nSPS) is 10.9. The largest absolute Gasteiger partial charge is 0.458 e. The Morgan fingerprint density at radius 2 is 1.70 bits per heavy atom. The van der Waals surface area contributed by atoms with Crippen molar-refractivity contribution in [3.05, 3.63) is 52.4 Å². The van der Waals surface area contributed by atoms with Crippen molar-refractivity contribution in [1.29, 1.82) is 0 Å². The van der Waals surface area contributed by atoms with Gasteiger partial charge in [-0.3, -0.25) is 4.79 Å². The molecule has 0 spiro atoms. The lowest BCUT2D eigenvalue weighted by molar-refractivity contribution is 0.503. The SMILES string of the molecule is Cc1cc(=O)cc(-c2cc3ccc(N(C)C)cc3o2)o1. The maximum absolute atomic E-state index is 11.5. The highest BCUT2D eigenvalue weighted by Gasteiger charge is 2.10. The maximum Gasteiger partial charge on any atom is 0.185 e. The molecule has 2 aromatic heterocycles. The first-order valence-corrected chi connectivity index (χ1v) is 6.36. The van der Waals surface area contributed by atoms with Crippen LogP contribution in [0.25, 0.3) is 22.5 Å². The van der Waals surface area contributed by atoms with E-state index in [1.807, 2.05) is 43.3 Å². The third kappa shape index (κ3) is 2.20. The van der Waals surface area contributed by atoms with Gasteiger partial charge >= 0.3 is 0 Å². The van der Waals surface area contributed by atoms with Gasteiger partial charge in [-0.2, -0.15) is 0 Å². The van der Waals surface area contributed by atoms with Crippen molar-refractivity contribution in [2.75, 3.05) is 19.0 Å². The molecule has 0 aliphatic heterocycles. The van der Waals surface area contributed by atoms with Gasteiger partial charge in [0.25, 0.3) is 0 Å². The van der Waals surface area contributed by atoms with E-state index in [9.17, 15) is 4.79 Å². The first-order valence-electron chi connectivity index (χ1n) is 6.36. The summed E-state index contributed by atoms with van der Waals surface area (Å²) < 4.78 is 11.3. The zero-order chi connectivity index (χ0) is 14.3. The van der Waals surface area contributed by atoms with Gasteiger partial charge in [0.15, 0.2) is 16.9 Å². The van der Waals surface area contributed by atoms with Crippen molar-refractivity contribution < 1.29 is 8.83 Å². The van der Waals surface area contributed by atoms with Crippen LogP contribution in [0.1, 0.15) is 5.76 Å². The molecule has 3 rings (SSSR count). The summed E-state index contributed by atoms with van der Waals surface area (Å²) in [6.45, 7) is 1.75. The molecule has 102 valence electrons. The van der Waals surface area contributed by atoms with E-state index in [1.54, 1.807) is 6.92 Å². The van der Waals surface area contributed by atoms with E-state index >= 15 is 0 Å². The van der Waals surface area contributed by atoms with E-state index in [2.05, 4.69) is 0 Å². The summed E-state index contributed by atoms with van der Waals surface area (Å²) in [5.74, 6) is 1.59. The van der Waals surface area contributed by atoms with Crippen LogP contribution in [0.3, 0.4) is 0 Å². The molecule has 0 radical (unpaired) electrons. The maximum atomic E-state index is 11.5. The van der Waals surface area contributed by atoms with Crippen LogP contribution in [-0.2, 0) is 0 Å². The van der Waals surface area contributed by atoms with Crippen molar-refractivity contribution in [1.82, 2.24) is 0 Å². The summed E-state index contributed by atoms with van der Waals surface area (Å²) in [5.41, 5.74) is 1.75. The lowest BCUT2D eigenvalue weighted by Crippen LogP contribution is -2.07. The molecule has 4 heteroatoms. The second-order valence-electron chi connectivity index (χ2n) is 5.00. The summed E-state index contributed by atoms with van der Waals surface area (Å²) in [7, 11) is 3.95. The van der Waals surface area contributed by atoms with Crippen LogP contribution in [0, 0.1) is 6.92 Å². The minimum Gasteiger partial charge on any atom is -0.458 e. The summed E-state index contributed by atoms with van der Waals surface area (Å²) in [6.07, 6.45) is 0. The lowest BCUT2D eigenvalue weighted by Gasteiger charge is -2.11. The van der Waals surface area contributed by atoms with Crippen molar-refractivity contribution in [3.8, 4) is 11.5 Å². The average molecular weight is 269 g/mol. The molecule has 0 fully saturated rings. The molecule has 2 heterocycles. The highest BCUT2D eigenvalue weighted by molar-refractivity contribution is 5.84. The molecule has 4 nitrogen and oxygen atoms in total. The fourth-order valence-electron chi connectivity index (χ4n) is 2.14. The first-order chi connectivity index (χ1) is 9.52. The quantitative estimate of drug-likeness (QED) is 0.715. The van der Waals surface area contributed by atoms with Crippen molar-refractivity contribution in [2.24, 2.45) is 0 Å². The Morgan fingerprint density at radius 3 is 2.40 bits per heavy atom. The number of rotatable bonds is 2. The molecule has 0 amide bonds. The Hall–Kier alpha value is -2.49. The van der Waals surface area contributed by atoms with E-state index in [-0.39, 0.29) is 5.43 Å². The van der Waals surface area contributed by atoms with Gasteiger partial charge in [-0.05, 0) is 25.1 Å². The van der Waals surface area contributed by atoms with Gasteiger partial charge in [0.05, 0.1) is 0 Å². The van der Waals surface area contributed by atoms with Gasteiger partial charge in [0, 0.05) is 43.4 Å². The molecule has 0 aliphatic rings. The van der Waals surface area contributed by atoms with E-state index < -0.39 is 0 Å². The Labute approximate surface area is 116 Å². The number of aryl methyl sites for hydroxylation is 1. The molecular formula is C16H15NO3. The fourth-order valence-corrected chi connectivity index (χ4v) is 2.14. The second-order valence-corrected chi connectivity index (χ2v) is 5.00. The average Bonchev–Trinajstić information content (AvgIpc) is 2.80. The van der Waals surface area contributed by atoms with Gasteiger partial charge in [0.1, 0.15) is 11.3 Å². The Balaban J connectivity index is 2.15. The predicted octanol–water partition coefficient (Wildman–Crippen LogP) is 3.43. The van der Waals surface area contributed by atoms with Crippen LogP contribution < -0.4 is 10.3 Å². The number of anilines is 1. The van der Waals surface area contributed by atoms with Gasteiger partial charge in [-0.15, -0.1) is 0 Å². The monoisotopic (exact) mass is 269 g/mol. The molecule has 0 unspecified atom stereocenters. The van der Waals surface area contributed by atoms with Crippen LogP contribution in [0.4, 0.5) is 5.69 Å². The van der Waals surface area contributed by atoms with Crippen molar-refractivity contribution in [3.63, 3.8) is 0 Å². The number of furan rings is 1. The number of nitrogens with zero attached hydrogens (tertiary/aromatic N) is 1. The van der Waals surface area contributed by atoms with E-state index in [0.29, 0.717) is 17.3 Å². The fraction of sp³-hybridized carbons (Fsp3) is 0.188. The Morgan fingerprint density at radius 1 is 0.950 bits per heavy atom. The molecule has 0 bridgehead atoms. The zero-order valence-corrected chi connectivity index (χ0v) is 11.6. The van der Waals surface area contributed by atoms with Gasteiger partial charge in [-0.25, -0.2) is 0 Å². The lowest BCUT2D eigenvalue weighted by atomic mass is 10.2. The minimum atomic E-state index is -0.0850. The summed E-state index contributed by atoms with van der Waals surface area (Å²) >= 11 is 0. The van der Waals surface area contributed by atoms with Crippen LogP contribution in [0.15, 0.2) is 50.0 Å². The van der Waals surface area contributed by atoms with Crippen LogP contribution in [0.5, 0.6) is 0 Å². The molecule has 0 N–H and O–H groups in total. The molecule has 0 atom stereocenters. The zero-order valence-electron chi connectivity index (χ0n) is 11.6. The molecule has 1 aromatic carbocycles. The minimum absolute atomic E-state index is 0.0850. The standard InChI is InChI=1S/C16H15NO3/c1-10-6-13(18)9-16(19-10)15-7-11-4-5-12(17(2)3)8-14(11)20-15/h4-9H,1-3H3. The summed E-state index contributed by atoms with van der Waals surface area (Å²) in [5, 5.41) is 0.981. The van der Waals surface area contributed by atoms with Crippen molar-refractivity contribution >= 4 is 16.7 Å². The van der Waals surface area contributed by atoms with Gasteiger partial charge in [0.2, 0.25) is 0 Å². The number of hydrogen-bond acceptors (Lipinski definition) is 4.